The highest BCUT2D eigenvalue weighted by molar-refractivity contribution is 7.99. The van der Waals surface area contributed by atoms with E-state index in [1.807, 2.05) is 36.1 Å². The van der Waals surface area contributed by atoms with Gasteiger partial charge in [-0.1, -0.05) is 30.0 Å². The number of aromatic amines is 1. The smallest absolute Gasteiger partial charge is 0.233 e. The van der Waals surface area contributed by atoms with Gasteiger partial charge in [-0.3, -0.25) is 9.89 Å². The molecule has 24 heavy (non-hydrogen) atoms. The van der Waals surface area contributed by atoms with Crippen LogP contribution < -0.4 is 4.74 Å². The molecule has 7 nitrogen and oxygen atoms in total. The second-order valence-electron chi connectivity index (χ2n) is 5.40. The fraction of sp³-hybridized carbons (Fsp3) is 0.438. The summed E-state index contributed by atoms with van der Waals surface area (Å²) in [5.74, 6) is 1.88. The van der Waals surface area contributed by atoms with Gasteiger partial charge in [-0.25, -0.2) is 4.98 Å². The summed E-state index contributed by atoms with van der Waals surface area (Å²) in [6, 6.07) is 7.81. The Morgan fingerprint density at radius 2 is 2.17 bits per heavy atom. The van der Waals surface area contributed by atoms with Crippen molar-refractivity contribution in [3.05, 3.63) is 35.7 Å². The van der Waals surface area contributed by atoms with Crippen LogP contribution in [0.4, 0.5) is 0 Å². The first-order chi connectivity index (χ1) is 11.7. The number of morpholine rings is 1. The van der Waals surface area contributed by atoms with Gasteiger partial charge in [0, 0.05) is 13.1 Å². The number of nitrogens with one attached hydrogen (secondary N) is 1. The minimum atomic E-state index is 0.0887. The predicted octanol–water partition coefficient (Wildman–Crippen LogP) is 1.64. The zero-order chi connectivity index (χ0) is 16.8. The van der Waals surface area contributed by atoms with Crippen molar-refractivity contribution >= 4 is 17.7 Å². The second kappa shape index (κ2) is 8.16. The van der Waals surface area contributed by atoms with E-state index >= 15 is 0 Å². The van der Waals surface area contributed by atoms with Gasteiger partial charge in [-0.15, -0.1) is 5.10 Å². The van der Waals surface area contributed by atoms with Gasteiger partial charge in [0.05, 0.1) is 19.0 Å². The molecule has 1 aliphatic heterocycles. The molecule has 1 fully saturated rings. The van der Waals surface area contributed by atoms with Gasteiger partial charge in [0.25, 0.3) is 0 Å². The summed E-state index contributed by atoms with van der Waals surface area (Å²) in [5, 5.41) is 7.52. The number of hydrogen-bond acceptors (Lipinski definition) is 6. The van der Waals surface area contributed by atoms with E-state index in [4.69, 9.17) is 9.47 Å². The van der Waals surface area contributed by atoms with E-state index in [9.17, 15) is 4.79 Å². The van der Waals surface area contributed by atoms with Gasteiger partial charge in [-0.2, -0.15) is 0 Å². The standard InChI is InChI=1S/C16H20N4O3S/c1-12-4-2-3-5-13(12)23-10-14-17-16(19-18-14)24-11-15(21)20-6-8-22-9-7-20/h2-5H,6-11H2,1H3,(H,17,18,19). The van der Waals surface area contributed by atoms with Gasteiger partial charge >= 0.3 is 0 Å². The highest BCUT2D eigenvalue weighted by Gasteiger charge is 2.17. The molecule has 1 aliphatic rings. The van der Waals surface area contributed by atoms with Gasteiger partial charge in [-0.05, 0) is 18.6 Å². The Hall–Kier alpha value is -2.06. The zero-order valence-corrected chi connectivity index (χ0v) is 14.3. The molecule has 0 bridgehead atoms. The SMILES string of the molecule is Cc1ccccc1OCc1nc(SCC(=O)N2CCOCC2)n[nH]1. The minimum absolute atomic E-state index is 0.0887. The van der Waals surface area contributed by atoms with E-state index in [2.05, 4.69) is 15.2 Å². The molecule has 128 valence electrons. The Morgan fingerprint density at radius 3 is 2.96 bits per heavy atom. The summed E-state index contributed by atoms with van der Waals surface area (Å²) in [7, 11) is 0. The van der Waals surface area contributed by atoms with Crippen molar-refractivity contribution in [1.29, 1.82) is 0 Å². The van der Waals surface area contributed by atoms with Crippen molar-refractivity contribution in [3.8, 4) is 5.75 Å². The third kappa shape index (κ3) is 4.48. The van der Waals surface area contributed by atoms with E-state index in [0.717, 1.165) is 11.3 Å². The van der Waals surface area contributed by atoms with Crippen molar-refractivity contribution in [2.75, 3.05) is 32.1 Å². The first-order valence-corrected chi connectivity index (χ1v) is 8.79. The number of benzene rings is 1. The number of rotatable bonds is 6. The number of H-pyrrole nitrogens is 1. The molecule has 8 heteroatoms. The number of amides is 1. The zero-order valence-electron chi connectivity index (χ0n) is 13.5. The molecule has 0 unspecified atom stereocenters. The number of aromatic nitrogens is 3. The van der Waals surface area contributed by atoms with Gasteiger partial charge in [0.15, 0.2) is 5.82 Å². The second-order valence-corrected chi connectivity index (χ2v) is 6.34. The number of hydrogen-bond donors (Lipinski definition) is 1. The lowest BCUT2D eigenvalue weighted by atomic mass is 10.2. The average Bonchev–Trinajstić information content (AvgIpc) is 3.08. The molecular formula is C16H20N4O3S. The maximum atomic E-state index is 12.1. The van der Waals surface area contributed by atoms with E-state index in [0.29, 0.717) is 49.6 Å². The van der Waals surface area contributed by atoms with Crippen LogP contribution in [-0.4, -0.2) is 58.0 Å². The number of carbonyl (C=O) groups excluding carboxylic acids is 1. The summed E-state index contributed by atoms with van der Waals surface area (Å²) >= 11 is 1.33. The van der Waals surface area contributed by atoms with Crippen molar-refractivity contribution in [2.24, 2.45) is 0 Å². The highest BCUT2D eigenvalue weighted by Crippen LogP contribution is 2.18. The van der Waals surface area contributed by atoms with Crippen LogP contribution in [0, 0.1) is 6.92 Å². The summed E-state index contributed by atoms with van der Waals surface area (Å²) in [5.41, 5.74) is 1.07. The van der Waals surface area contributed by atoms with Crippen molar-refractivity contribution in [1.82, 2.24) is 20.1 Å². The predicted molar refractivity (Wildman–Crippen MR) is 90.0 cm³/mol. The van der Waals surface area contributed by atoms with E-state index in [1.54, 1.807) is 0 Å². The molecule has 3 rings (SSSR count). The Labute approximate surface area is 144 Å². The molecule has 1 amide bonds. The fourth-order valence-corrected chi connectivity index (χ4v) is 3.02. The lowest BCUT2D eigenvalue weighted by Crippen LogP contribution is -2.41. The fourth-order valence-electron chi connectivity index (χ4n) is 2.30. The number of nitrogens with zero attached hydrogens (tertiary/aromatic N) is 3. The molecular weight excluding hydrogens is 328 g/mol. The molecule has 2 aromatic rings. The maximum Gasteiger partial charge on any atom is 0.233 e. The van der Waals surface area contributed by atoms with Crippen molar-refractivity contribution in [2.45, 2.75) is 18.7 Å². The van der Waals surface area contributed by atoms with Gasteiger partial charge in [0.2, 0.25) is 11.1 Å². The molecule has 1 N–H and O–H groups in total. The molecule has 0 aliphatic carbocycles. The Bertz CT molecular complexity index is 685. The number of carbonyl (C=O) groups is 1. The molecule has 0 radical (unpaired) electrons. The largest absolute Gasteiger partial charge is 0.485 e. The number of aryl methyl sites for hydroxylation is 1. The van der Waals surface area contributed by atoms with Crippen LogP contribution in [0.1, 0.15) is 11.4 Å². The van der Waals surface area contributed by atoms with Crippen LogP contribution in [-0.2, 0) is 16.1 Å². The Morgan fingerprint density at radius 1 is 1.38 bits per heavy atom. The summed E-state index contributed by atoms with van der Waals surface area (Å²) in [4.78, 5) is 18.2. The van der Waals surface area contributed by atoms with Gasteiger partial charge in [0.1, 0.15) is 12.4 Å². The van der Waals surface area contributed by atoms with E-state index in [1.165, 1.54) is 11.8 Å². The third-order valence-corrected chi connectivity index (χ3v) is 4.49. The third-order valence-electron chi connectivity index (χ3n) is 3.66. The monoisotopic (exact) mass is 348 g/mol. The maximum absolute atomic E-state index is 12.1. The lowest BCUT2D eigenvalue weighted by Gasteiger charge is -2.26. The summed E-state index contributed by atoms with van der Waals surface area (Å²) in [6.45, 7) is 4.84. The van der Waals surface area contributed by atoms with Crippen LogP contribution in [0.5, 0.6) is 5.75 Å². The van der Waals surface area contributed by atoms with E-state index < -0.39 is 0 Å². The number of para-hydroxylation sites is 1. The van der Waals surface area contributed by atoms with Crippen molar-refractivity contribution in [3.63, 3.8) is 0 Å². The van der Waals surface area contributed by atoms with Crippen LogP contribution >= 0.6 is 11.8 Å². The van der Waals surface area contributed by atoms with Crippen LogP contribution in [0.25, 0.3) is 0 Å². The average molecular weight is 348 g/mol. The molecule has 1 saturated heterocycles. The summed E-state index contributed by atoms with van der Waals surface area (Å²) in [6.07, 6.45) is 0. The molecule has 0 atom stereocenters. The molecule has 0 spiro atoms. The van der Waals surface area contributed by atoms with Crippen molar-refractivity contribution < 1.29 is 14.3 Å². The Balaban J connectivity index is 1.47. The lowest BCUT2D eigenvalue weighted by molar-refractivity contribution is -0.132. The highest BCUT2D eigenvalue weighted by atomic mass is 32.2. The number of thioether (sulfide) groups is 1. The topological polar surface area (TPSA) is 80.3 Å². The minimum Gasteiger partial charge on any atom is -0.485 e. The van der Waals surface area contributed by atoms with Crippen LogP contribution in [0.3, 0.4) is 0 Å². The van der Waals surface area contributed by atoms with E-state index in [-0.39, 0.29) is 5.91 Å². The number of ether oxygens (including phenoxy) is 2. The van der Waals surface area contributed by atoms with Crippen LogP contribution in [0.2, 0.25) is 0 Å². The first kappa shape index (κ1) is 16.8. The van der Waals surface area contributed by atoms with Crippen LogP contribution in [0.15, 0.2) is 29.4 Å². The normalized spacial score (nSPS) is 14.6. The molecule has 1 aromatic carbocycles. The first-order valence-electron chi connectivity index (χ1n) is 7.80. The summed E-state index contributed by atoms with van der Waals surface area (Å²) < 4.78 is 11.0. The molecule has 2 heterocycles. The molecule has 1 aromatic heterocycles. The van der Waals surface area contributed by atoms with Gasteiger partial charge < -0.3 is 14.4 Å². The molecule has 0 saturated carbocycles. The quantitative estimate of drug-likeness (QED) is 0.800. The Kier molecular flexibility index (Phi) is 5.71.